The topological polar surface area (TPSA) is 25.2 Å². The lowest BCUT2D eigenvalue weighted by atomic mass is 10.1. The van der Waals surface area contributed by atoms with Gasteiger partial charge in [0, 0.05) is 11.8 Å². The van der Waals surface area contributed by atoms with Crippen molar-refractivity contribution in [1.82, 2.24) is 4.98 Å². The lowest BCUT2D eigenvalue weighted by Crippen LogP contribution is -1.92. The molecule has 62 valence electrons. The Morgan fingerprint density at radius 1 is 1.42 bits per heavy atom. The van der Waals surface area contributed by atoms with Gasteiger partial charge in [0.1, 0.15) is 10.3 Å². The summed E-state index contributed by atoms with van der Waals surface area (Å²) in [7, 11) is 0. The van der Waals surface area contributed by atoms with Crippen LogP contribution in [0.2, 0.25) is 10.3 Å². The van der Waals surface area contributed by atoms with Crippen molar-refractivity contribution >= 4 is 29.4 Å². The molecule has 2 heterocycles. The van der Waals surface area contributed by atoms with E-state index in [1.165, 1.54) is 0 Å². The summed E-state index contributed by atoms with van der Waals surface area (Å²) in [6.45, 7) is 2.00. The van der Waals surface area contributed by atoms with Gasteiger partial charge in [-0.1, -0.05) is 23.2 Å². The Balaban J connectivity index is 2.66. The van der Waals surface area contributed by atoms with Crippen molar-refractivity contribution in [2.45, 2.75) is 13.0 Å². The number of rotatable bonds is 0. The van der Waals surface area contributed by atoms with Crippen LogP contribution in [0.4, 0.5) is 0 Å². The summed E-state index contributed by atoms with van der Waals surface area (Å²) < 4.78 is 0. The van der Waals surface area contributed by atoms with Gasteiger partial charge in [0.15, 0.2) is 0 Å². The van der Waals surface area contributed by atoms with Crippen molar-refractivity contribution in [2.75, 3.05) is 0 Å². The quantitative estimate of drug-likeness (QED) is 0.592. The number of aliphatic imine (C=N–C) groups is 1. The standard InChI is InChI=1S/C8H6Cl2N2/c1-4-5-2-7(9)12-8(10)6(5)3-11-4/h2-4H,1H3. The first-order valence-corrected chi connectivity index (χ1v) is 4.33. The van der Waals surface area contributed by atoms with Gasteiger partial charge >= 0.3 is 0 Å². The average molecular weight is 201 g/mol. The van der Waals surface area contributed by atoms with Gasteiger partial charge in [-0.2, -0.15) is 0 Å². The van der Waals surface area contributed by atoms with E-state index >= 15 is 0 Å². The van der Waals surface area contributed by atoms with E-state index in [4.69, 9.17) is 23.2 Å². The third-order valence-corrected chi connectivity index (χ3v) is 2.37. The van der Waals surface area contributed by atoms with Gasteiger partial charge < -0.3 is 0 Å². The number of pyridine rings is 1. The number of halogens is 2. The van der Waals surface area contributed by atoms with Crippen LogP contribution in [0.3, 0.4) is 0 Å². The van der Waals surface area contributed by atoms with Gasteiger partial charge in [-0.3, -0.25) is 4.99 Å². The van der Waals surface area contributed by atoms with E-state index in [2.05, 4.69) is 9.98 Å². The van der Waals surface area contributed by atoms with Crippen LogP contribution in [0.25, 0.3) is 0 Å². The summed E-state index contributed by atoms with van der Waals surface area (Å²) >= 11 is 11.6. The van der Waals surface area contributed by atoms with Gasteiger partial charge in [0.25, 0.3) is 0 Å². The van der Waals surface area contributed by atoms with Crippen LogP contribution in [-0.2, 0) is 0 Å². The summed E-state index contributed by atoms with van der Waals surface area (Å²) in [4.78, 5) is 8.12. The molecule has 0 amide bonds. The molecule has 0 spiro atoms. The Kier molecular flexibility index (Phi) is 1.81. The third kappa shape index (κ3) is 1.11. The first-order valence-electron chi connectivity index (χ1n) is 3.57. The lowest BCUT2D eigenvalue weighted by molar-refractivity contribution is 0.842. The summed E-state index contributed by atoms with van der Waals surface area (Å²) in [5.41, 5.74) is 1.95. The first-order chi connectivity index (χ1) is 5.68. The van der Waals surface area contributed by atoms with Crippen LogP contribution >= 0.6 is 23.2 Å². The van der Waals surface area contributed by atoms with Gasteiger partial charge in [0.05, 0.1) is 6.04 Å². The fourth-order valence-electron chi connectivity index (χ4n) is 1.25. The second-order valence-electron chi connectivity index (χ2n) is 2.69. The molecule has 0 fully saturated rings. The van der Waals surface area contributed by atoms with Crippen LogP contribution in [0, 0.1) is 0 Å². The van der Waals surface area contributed by atoms with Crippen LogP contribution in [0.1, 0.15) is 24.1 Å². The van der Waals surface area contributed by atoms with Gasteiger partial charge in [-0.25, -0.2) is 4.98 Å². The summed E-state index contributed by atoms with van der Waals surface area (Å²) in [6, 6.07) is 1.96. The zero-order valence-corrected chi connectivity index (χ0v) is 7.89. The fraction of sp³-hybridized carbons (Fsp3) is 0.250. The minimum Gasteiger partial charge on any atom is -0.285 e. The molecule has 0 bridgehead atoms. The third-order valence-electron chi connectivity index (χ3n) is 1.89. The van der Waals surface area contributed by atoms with Gasteiger partial charge in [-0.15, -0.1) is 0 Å². The van der Waals surface area contributed by atoms with Crippen LogP contribution in [0.15, 0.2) is 11.1 Å². The van der Waals surface area contributed by atoms with Crippen molar-refractivity contribution in [1.29, 1.82) is 0 Å². The Bertz CT molecular complexity index is 360. The van der Waals surface area contributed by atoms with E-state index < -0.39 is 0 Å². The van der Waals surface area contributed by atoms with Crippen LogP contribution in [-0.4, -0.2) is 11.2 Å². The molecule has 2 nitrogen and oxygen atoms in total. The molecular weight excluding hydrogens is 195 g/mol. The first kappa shape index (κ1) is 8.02. The number of aromatic nitrogens is 1. The van der Waals surface area contributed by atoms with Crippen molar-refractivity contribution in [3.8, 4) is 0 Å². The molecule has 0 aromatic carbocycles. The molecule has 0 radical (unpaired) electrons. The molecule has 1 aromatic heterocycles. The number of fused-ring (bicyclic) bond motifs is 1. The molecule has 1 atom stereocenters. The summed E-state index contributed by atoms with van der Waals surface area (Å²) in [5.74, 6) is 0. The molecule has 1 aliphatic rings. The normalized spacial score (nSPS) is 19.8. The SMILES string of the molecule is CC1N=Cc2c1cc(Cl)nc2Cl. The van der Waals surface area contributed by atoms with E-state index in [0.717, 1.165) is 11.1 Å². The van der Waals surface area contributed by atoms with Gasteiger partial charge in [-0.05, 0) is 18.6 Å². The van der Waals surface area contributed by atoms with Crippen molar-refractivity contribution in [3.63, 3.8) is 0 Å². The number of hydrogen-bond donors (Lipinski definition) is 0. The highest BCUT2D eigenvalue weighted by Gasteiger charge is 2.18. The molecule has 0 aliphatic carbocycles. The monoisotopic (exact) mass is 200 g/mol. The molecule has 2 rings (SSSR count). The molecule has 1 aromatic rings. The van der Waals surface area contributed by atoms with Crippen molar-refractivity contribution in [3.05, 3.63) is 27.5 Å². The van der Waals surface area contributed by atoms with Crippen molar-refractivity contribution < 1.29 is 0 Å². The minimum absolute atomic E-state index is 0.151. The molecule has 0 N–H and O–H groups in total. The summed E-state index contributed by atoms with van der Waals surface area (Å²) in [5, 5.41) is 0.863. The highest BCUT2D eigenvalue weighted by Crippen LogP contribution is 2.31. The van der Waals surface area contributed by atoms with Crippen LogP contribution in [0.5, 0.6) is 0 Å². The predicted octanol–water partition coefficient (Wildman–Crippen LogP) is 2.88. The predicted molar refractivity (Wildman–Crippen MR) is 50.3 cm³/mol. The zero-order valence-electron chi connectivity index (χ0n) is 6.38. The second-order valence-corrected chi connectivity index (χ2v) is 3.44. The van der Waals surface area contributed by atoms with E-state index in [1.54, 1.807) is 12.3 Å². The maximum Gasteiger partial charge on any atom is 0.139 e. The Hall–Kier alpha value is -0.600. The van der Waals surface area contributed by atoms with E-state index in [1.807, 2.05) is 6.92 Å². The fourth-order valence-corrected chi connectivity index (χ4v) is 1.75. The largest absolute Gasteiger partial charge is 0.285 e. The van der Waals surface area contributed by atoms with E-state index in [9.17, 15) is 0 Å². The molecule has 0 saturated heterocycles. The average Bonchev–Trinajstić information content (AvgIpc) is 2.33. The Morgan fingerprint density at radius 2 is 2.17 bits per heavy atom. The van der Waals surface area contributed by atoms with Crippen LogP contribution < -0.4 is 0 Å². The second kappa shape index (κ2) is 2.71. The highest BCUT2D eigenvalue weighted by atomic mass is 35.5. The highest BCUT2D eigenvalue weighted by molar-refractivity contribution is 6.34. The number of hydrogen-bond acceptors (Lipinski definition) is 2. The Labute approximate surface area is 80.2 Å². The molecule has 1 aliphatic heterocycles. The Morgan fingerprint density at radius 3 is 2.92 bits per heavy atom. The molecule has 12 heavy (non-hydrogen) atoms. The molecule has 4 heteroatoms. The minimum atomic E-state index is 0.151. The molecule has 0 saturated carbocycles. The zero-order chi connectivity index (χ0) is 8.72. The van der Waals surface area contributed by atoms with E-state index in [0.29, 0.717) is 10.3 Å². The number of nitrogens with zero attached hydrogens (tertiary/aromatic N) is 2. The maximum atomic E-state index is 5.85. The molecule has 1 unspecified atom stereocenters. The molecular formula is C8H6Cl2N2. The van der Waals surface area contributed by atoms with Gasteiger partial charge in [0.2, 0.25) is 0 Å². The lowest BCUT2D eigenvalue weighted by Gasteiger charge is -2.03. The van der Waals surface area contributed by atoms with Crippen molar-refractivity contribution in [2.24, 2.45) is 4.99 Å². The summed E-state index contributed by atoms with van der Waals surface area (Å²) in [6.07, 6.45) is 1.74. The smallest absolute Gasteiger partial charge is 0.139 e. The maximum absolute atomic E-state index is 5.85. The van der Waals surface area contributed by atoms with E-state index in [-0.39, 0.29) is 6.04 Å².